The SMILES string of the molecule is CCCCN(C)CCC(=O)O. The molecule has 0 unspecified atom stereocenters. The summed E-state index contributed by atoms with van der Waals surface area (Å²) in [5.41, 5.74) is 0. The second-order valence-electron chi connectivity index (χ2n) is 2.80. The monoisotopic (exact) mass is 159 g/mol. The van der Waals surface area contributed by atoms with Crippen LogP contribution in [0, 0.1) is 0 Å². The summed E-state index contributed by atoms with van der Waals surface area (Å²) in [6.45, 7) is 3.80. The molecular formula is C8H17NO2. The fourth-order valence-corrected chi connectivity index (χ4v) is 0.826. The first-order valence-corrected chi connectivity index (χ1v) is 4.07. The van der Waals surface area contributed by atoms with Crippen LogP contribution in [0.4, 0.5) is 0 Å². The maximum absolute atomic E-state index is 10.2. The third-order valence-electron chi connectivity index (χ3n) is 1.60. The molecule has 11 heavy (non-hydrogen) atoms. The molecule has 0 rings (SSSR count). The maximum Gasteiger partial charge on any atom is 0.304 e. The average molecular weight is 159 g/mol. The Hall–Kier alpha value is -0.570. The van der Waals surface area contributed by atoms with Crippen LogP contribution >= 0.6 is 0 Å². The van der Waals surface area contributed by atoms with E-state index in [0.717, 1.165) is 19.4 Å². The van der Waals surface area contributed by atoms with Gasteiger partial charge >= 0.3 is 5.97 Å². The summed E-state index contributed by atoms with van der Waals surface area (Å²) in [5, 5.41) is 8.36. The van der Waals surface area contributed by atoms with Crippen molar-refractivity contribution < 1.29 is 9.90 Å². The van der Waals surface area contributed by atoms with Crippen LogP contribution in [0.25, 0.3) is 0 Å². The van der Waals surface area contributed by atoms with Gasteiger partial charge in [0.2, 0.25) is 0 Å². The number of nitrogens with zero attached hydrogens (tertiary/aromatic N) is 1. The highest BCUT2D eigenvalue weighted by Crippen LogP contribution is 1.92. The number of rotatable bonds is 6. The van der Waals surface area contributed by atoms with Gasteiger partial charge in [0.1, 0.15) is 0 Å². The van der Waals surface area contributed by atoms with E-state index in [2.05, 4.69) is 11.8 Å². The molecule has 0 heterocycles. The largest absolute Gasteiger partial charge is 0.481 e. The van der Waals surface area contributed by atoms with Gasteiger partial charge in [-0.15, -0.1) is 0 Å². The topological polar surface area (TPSA) is 40.5 Å². The van der Waals surface area contributed by atoms with Gasteiger partial charge in [0.25, 0.3) is 0 Å². The molecule has 1 N–H and O–H groups in total. The molecule has 3 nitrogen and oxygen atoms in total. The molecule has 0 aliphatic heterocycles. The standard InChI is InChI=1S/C8H17NO2/c1-3-4-6-9(2)7-5-8(10)11/h3-7H2,1-2H3,(H,10,11). The van der Waals surface area contributed by atoms with Gasteiger partial charge in [0.15, 0.2) is 0 Å². The van der Waals surface area contributed by atoms with Gasteiger partial charge in [-0.05, 0) is 20.0 Å². The minimum Gasteiger partial charge on any atom is -0.481 e. The number of aliphatic carboxylic acids is 1. The van der Waals surface area contributed by atoms with Crippen molar-refractivity contribution in [2.75, 3.05) is 20.1 Å². The molecule has 0 spiro atoms. The molecule has 0 aromatic rings. The fraction of sp³-hybridized carbons (Fsp3) is 0.875. The van der Waals surface area contributed by atoms with E-state index in [1.807, 2.05) is 7.05 Å². The van der Waals surface area contributed by atoms with Crippen LogP contribution in [-0.4, -0.2) is 36.1 Å². The highest BCUT2D eigenvalue weighted by Gasteiger charge is 2.00. The van der Waals surface area contributed by atoms with E-state index in [-0.39, 0.29) is 6.42 Å². The van der Waals surface area contributed by atoms with Crippen LogP contribution in [0.5, 0.6) is 0 Å². The van der Waals surface area contributed by atoms with E-state index in [9.17, 15) is 4.79 Å². The zero-order chi connectivity index (χ0) is 8.69. The number of carboxylic acids is 1. The first-order chi connectivity index (χ1) is 5.16. The molecule has 0 atom stereocenters. The van der Waals surface area contributed by atoms with Crippen molar-refractivity contribution in [2.24, 2.45) is 0 Å². The van der Waals surface area contributed by atoms with E-state index < -0.39 is 5.97 Å². The summed E-state index contributed by atoms with van der Waals surface area (Å²) in [4.78, 5) is 12.2. The summed E-state index contributed by atoms with van der Waals surface area (Å²) in [5.74, 6) is -0.714. The number of hydrogen-bond donors (Lipinski definition) is 1. The molecule has 0 saturated heterocycles. The van der Waals surface area contributed by atoms with Crippen molar-refractivity contribution in [1.82, 2.24) is 4.90 Å². The molecule has 66 valence electrons. The summed E-state index contributed by atoms with van der Waals surface area (Å²) < 4.78 is 0. The average Bonchev–Trinajstić information content (AvgIpc) is 1.97. The quantitative estimate of drug-likeness (QED) is 0.633. The zero-order valence-electron chi connectivity index (χ0n) is 7.34. The van der Waals surface area contributed by atoms with Crippen molar-refractivity contribution in [3.63, 3.8) is 0 Å². The second-order valence-corrected chi connectivity index (χ2v) is 2.80. The minimum absolute atomic E-state index is 0.250. The fourth-order valence-electron chi connectivity index (χ4n) is 0.826. The molecular weight excluding hydrogens is 142 g/mol. The third kappa shape index (κ3) is 7.33. The first-order valence-electron chi connectivity index (χ1n) is 4.07. The normalized spacial score (nSPS) is 10.5. The van der Waals surface area contributed by atoms with Crippen LogP contribution in [-0.2, 0) is 4.79 Å². The summed E-state index contributed by atoms with van der Waals surface area (Å²) >= 11 is 0. The molecule has 0 aromatic heterocycles. The van der Waals surface area contributed by atoms with Crippen LogP contribution in [0.1, 0.15) is 26.2 Å². The first kappa shape index (κ1) is 10.4. The maximum atomic E-state index is 10.2. The number of unbranched alkanes of at least 4 members (excludes halogenated alkanes) is 1. The van der Waals surface area contributed by atoms with Gasteiger partial charge in [-0.2, -0.15) is 0 Å². The van der Waals surface area contributed by atoms with Gasteiger partial charge in [-0.3, -0.25) is 4.79 Å². The Morgan fingerprint density at radius 3 is 2.55 bits per heavy atom. The predicted octanol–water partition coefficient (Wildman–Crippen LogP) is 1.19. The van der Waals surface area contributed by atoms with Crippen LogP contribution < -0.4 is 0 Å². The molecule has 0 aliphatic rings. The Morgan fingerprint density at radius 1 is 1.45 bits per heavy atom. The summed E-state index contributed by atoms with van der Waals surface area (Å²) in [6.07, 6.45) is 2.56. The third-order valence-corrected chi connectivity index (χ3v) is 1.60. The van der Waals surface area contributed by atoms with Gasteiger partial charge in [-0.1, -0.05) is 13.3 Å². The van der Waals surface area contributed by atoms with Gasteiger partial charge in [0.05, 0.1) is 6.42 Å². The van der Waals surface area contributed by atoms with Crippen molar-refractivity contribution >= 4 is 5.97 Å². The molecule has 0 saturated carbocycles. The van der Waals surface area contributed by atoms with E-state index in [1.54, 1.807) is 0 Å². The Labute approximate surface area is 68.0 Å². The van der Waals surface area contributed by atoms with Gasteiger partial charge < -0.3 is 10.0 Å². The number of hydrogen-bond acceptors (Lipinski definition) is 2. The summed E-state index contributed by atoms with van der Waals surface area (Å²) in [6, 6.07) is 0. The van der Waals surface area contributed by atoms with Crippen molar-refractivity contribution in [3.8, 4) is 0 Å². The number of carboxylic acid groups (broad SMARTS) is 1. The van der Waals surface area contributed by atoms with E-state index >= 15 is 0 Å². The van der Waals surface area contributed by atoms with E-state index in [0.29, 0.717) is 6.54 Å². The molecule has 0 aromatic carbocycles. The molecule has 0 radical (unpaired) electrons. The zero-order valence-corrected chi connectivity index (χ0v) is 7.34. The lowest BCUT2D eigenvalue weighted by molar-refractivity contribution is -0.137. The Morgan fingerprint density at radius 2 is 2.09 bits per heavy atom. The van der Waals surface area contributed by atoms with Gasteiger partial charge in [-0.25, -0.2) is 0 Å². The lowest BCUT2D eigenvalue weighted by Crippen LogP contribution is -2.22. The lowest BCUT2D eigenvalue weighted by Gasteiger charge is -2.13. The molecule has 0 aliphatic carbocycles. The lowest BCUT2D eigenvalue weighted by atomic mass is 10.3. The molecule has 3 heteroatoms. The molecule has 0 fully saturated rings. The second kappa shape index (κ2) is 6.16. The van der Waals surface area contributed by atoms with Crippen molar-refractivity contribution in [1.29, 1.82) is 0 Å². The minimum atomic E-state index is -0.714. The predicted molar refractivity (Wildman–Crippen MR) is 44.7 cm³/mol. The van der Waals surface area contributed by atoms with E-state index in [4.69, 9.17) is 5.11 Å². The molecule has 0 amide bonds. The highest BCUT2D eigenvalue weighted by molar-refractivity contribution is 5.66. The number of carbonyl (C=O) groups is 1. The smallest absolute Gasteiger partial charge is 0.304 e. The van der Waals surface area contributed by atoms with Crippen LogP contribution in [0.3, 0.4) is 0 Å². The van der Waals surface area contributed by atoms with Crippen LogP contribution in [0.15, 0.2) is 0 Å². The van der Waals surface area contributed by atoms with Crippen LogP contribution in [0.2, 0.25) is 0 Å². The summed E-state index contributed by atoms with van der Waals surface area (Å²) in [7, 11) is 1.96. The van der Waals surface area contributed by atoms with E-state index in [1.165, 1.54) is 0 Å². The Kier molecular flexibility index (Phi) is 5.84. The Bertz CT molecular complexity index is 115. The Balaban J connectivity index is 3.22. The highest BCUT2D eigenvalue weighted by atomic mass is 16.4. The van der Waals surface area contributed by atoms with Crippen molar-refractivity contribution in [3.05, 3.63) is 0 Å². The molecule has 0 bridgehead atoms. The van der Waals surface area contributed by atoms with Gasteiger partial charge in [0, 0.05) is 6.54 Å². The van der Waals surface area contributed by atoms with Crippen molar-refractivity contribution in [2.45, 2.75) is 26.2 Å².